The van der Waals surface area contributed by atoms with Crippen LogP contribution < -0.4 is 5.32 Å². The van der Waals surface area contributed by atoms with Crippen LogP contribution in [-0.2, 0) is 12.2 Å². The zero-order chi connectivity index (χ0) is 15.2. The Morgan fingerprint density at radius 1 is 1.30 bits per heavy atom. The van der Waals surface area contributed by atoms with Gasteiger partial charge in [0.05, 0.1) is 5.75 Å². The Bertz CT molecular complexity index is 387. The molecule has 1 N–H and O–H groups in total. The molecular weight excluding hydrogens is 270 g/mol. The highest BCUT2D eigenvalue weighted by Gasteiger charge is 2.26. The summed E-state index contributed by atoms with van der Waals surface area (Å²) in [4.78, 5) is 4.51. The molecule has 20 heavy (non-hydrogen) atoms. The van der Waals surface area contributed by atoms with E-state index in [1.165, 1.54) is 6.42 Å². The van der Waals surface area contributed by atoms with Crippen molar-refractivity contribution in [2.24, 2.45) is 5.41 Å². The first-order valence-electron chi connectivity index (χ1n) is 7.53. The van der Waals surface area contributed by atoms with Gasteiger partial charge >= 0.3 is 0 Å². The lowest BCUT2D eigenvalue weighted by Gasteiger charge is -2.30. The molecule has 1 heterocycles. The average Bonchev–Trinajstić information content (AvgIpc) is 2.82. The fourth-order valence-corrected chi connectivity index (χ4v) is 2.66. The first-order chi connectivity index (χ1) is 9.36. The van der Waals surface area contributed by atoms with Crippen molar-refractivity contribution in [1.29, 1.82) is 0 Å². The second-order valence-corrected chi connectivity index (χ2v) is 7.74. The van der Waals surface area contributed by atoms with Crippen molar-refractivity contribution in [2.45, 2.75) is 71.4 Å². The molecule has 0 spiro atoms. The van der Waals surface area contributed by atoms with Crippen molar-refractivity contribution in [3.63, 3.8) is 0 Å². The van der Waals surface area contributed by atoms with E-state index >= 15 is 0 Å². The minimum Gasteiger partial charge on any atom is -0.339 e. The van der Waals surface area contributed by atoms with Crippen LogP contribution in [0.5, 0.6) is 0 Å². The smallest absolute Gasteiger partial charge is 0.228 e. The lowest BCUT2D eigenvalue weighted by atomic mass is 9.84. The number of nitrogens with one attached hydrogen (secondary N) is 1. The van der Waals surface area contributed by atoms with Gasteiger partial charge in [-0.2, -0.15) is 16.7 Å². The summed E-state index contributed by atoms with van der Waals surface area (Å²) in [5, 5.41) is 8.23. The van der Waals surface area contributed by atoms with Crippen molar-refractivity contribution in [3.8, 4) is 0 Å². The molecule has 0 aromatic carbocycles. The number of likely N-dealkylation sites (N-methyl/N-ethyl adjacent to an activating group) is 1. The van der Waals surface area contributed by atoms with Gasteiger partial charge in [-0.05, 0) is 18.4 Å². The molecule has 0 fully saturated rings. The Balaban J connectivity index is 2.57. The third kappa shape index (κ3) is 5.83. The monoisotopic (exact) mass is 299 g/mol. The predicted octanol–water partition coefficient (Wildman–Crippen LogP) is 3.67. The van der Waals surface area contributed by atoms with Crippen LogP contribution in [0.25, 0.3) is 0 Å². The summed E-state index contributed by atoms with van der Waals surface area (Å²) >= 11 is 1.88. The zero-order valence-electron chi connectivity index (χ0n) is 13.7. The second-order valence-electron chi connectivity index (χ2n) is 6.31. The molecule has 1 rings (SSSR count). The summed E-state index contributed by atoms with van der Waals surface area (Å²) in [6, 6.07) is 0.350. The van der Waals surface area contributed by atoms with Gasteiger partial charge in [-0.25, -0.2) is 0 Å². The predicted molar refractivity (Wildman–Crippen MR) is 86.0 cm³/mol. The van der Waals surface area contributed by atoms with Crippen LogP contribution in [0.2, 0.25) is 0 Å². The molecule has 0 saturated carbocycles. The molecule has 1 aromatic rings. The molecule has 5 heteroatoms. The van der Waals surface area contributed by atoms with Gasteiger partial charge in [-0.1, -0.05) is 46.7 Å². The van der Waals surface area contributed by atoms with Gasteiger partial charge in [-0.3, -0.25) is 0 Å². The topological polar surface area (TPSA) is 51.0 Å². The third-order valence-electron chi connectivity index (χ3n) is 3.46. The highest BCUT2D eigenvalue weighted by Crippen LogP contribution is 2.23. The minimum absolute atomic E-state index is 0.177. The largest absolute Gasteiger partial charge is 0.339 e. The Kier molecular flexibility index (Phi) is 7.03. The molecule has 2 unspecified atom stereocenters. The van der Waals surface area contributed by atoms with Crippen molar-refractivity contribution < 1.29 is 4.52 Å². The molecule has 0 aliphatic heterocycles. The van der Waals surface area contributed by atoms with E-state index in [4.69, 9.17) is 4.52 Å². The number of hydrogen-bond acceptors (Lipinski definition) is 5. The van der Waals surface area contributed by atoms with Crippen LogP contribution in [0, 0.1) is 5.41 Å². The molecule has 116 valence electrons. The normalized spacial score (nSPS) is 15.3. The van der Waals surface area contributed by atoms with Gasteiger partial charge in [0, 0.05) is 17.7 Å². The highest BCUT2D eigenvalue weighted by atomic mass is 32.2. The van der Waals surface area contributed by atoms with Gasteiger partial charge in [0.15, 0.2) is 5.82 Å². The molecule has 0 saturated heterocycles. The number of aromatic nitrogens is 2. The average molecular weight is 299 g/mol. The van der Waals surface area contributed by atoms with E-state index in [0.29, 0.717) is 11.3 Å². The molecule has 0 aliphatic rings. The Hall–Kier alpha value is -0.550. The van der Waals surface area contributed by atoms with E-state index in [1.54, 1.807) is 0 Å². The summed E-state index contributed by atoms with van der Waals surface area (Å²) < 4.78 is 5.39. The SMILES string of the molecule is CCNC(Cc1nc(CSC(C)CC)no1)C(C)(C)C. The van der Waals surface area contributed by atoms with E-state index < -0.39 is 0 Å². The molecule has 0 radical (unpaired) electrons. The minimum atomic E-state index is 0.177. The summed E-state index contributed by atoms with van der Waals surface area (Å²) in [6.07, 6.45) is 1.96. The summed E-state index contributed by atoms with van der Waals surface area (Å²) in [7, 11) is 0. The zero-order valence-corrected chi connectivity index (χ0v) is 14.5. The van der Waals surface area contributed by atoms with Crippen LogP contribution >= 0.6 is 11.8 Å². The standard InChI is InChI=1S/C15H29N3OS/c1-7-11(3)20-10-13-17-14(19-18-13)9-12(16-8-2)15(4,5)6/h11-12,16H,7-10H2,1-6H3. The Labute approximate surface area is 127 Å². The third-order valence-corrected chi connectivity index (χ3v) is 4.78. The van der Waals surface area contributed by atoms with Gasteiger partial charge in [0.2, 0.25) is 5.89 Å². The van der Waals surface area contributed by atoms with Crippen LogP contribution in [0.15, 0.2) is 4.52 Å². The fraction of sp³-hybridized carbons (Fsp3) is 0.867. The molecule has 0 bridgehead atoms. The van der Waals surface area contributed by atoms with Gasteiger partial charge < -0.3 is 9.84 Å². The van der Waals surface area contributed by atoms with E-state index in [9.17, 15) is 0 Å². The summed E-state index contributed by atoms with van der Waals surface area (Å²) in [6.45, 7) is 14.2. The Morgan fingerprint density at radius 2 is 2.00 bits per heavy atom. The van der Waals surface area contributed by atoms with E-state index in [1.807, 2.05) is 11.8 Å². The number of thioether (sulfide) groups is 1. The van der Waals surface area contributed by atoms with Gasteiger partial charge in [0.1, 0.15) is 0 Å². The van der Waals surface area contributed by atoms with E-state index in [-0.39, 0.29) is 5.41 Å². The molecular formula is C15H29N3OS. The second kappa shape index (κ2) is 8.03. The fourth-order valence-electron chi connectivity index (χ4n) is 1.87. The summed E-state index contributed by atoms with van der Waals surface area (Å²) in [5.74, 6) is 2.39. The van der Waals surface area contributed by atoms with Crippen LogP contribution in [0.1, 0.15) is 59.7 Å². The van der Waals surface area contributed by atoms with Crippen molar-refractivity contribution in [1.82, 2.24) is 15.5 Å². The van der Waals surface area contributed by atoms with Gasteiger partial charge in [-0.15, -0.1) is 0 Å². The number of nitrogens with zero attached hydrogens (tertiary/aromatic N) is 2. The molecule has 0 amide bonds. The maximum Gasteiger partial charge on any atom is 0.228 e. The molecule has 2 atom stereocenters. The highest BCUT2D eigenvalue weighted by molar-refractivity contribution is 7.99. The Morgan fingerprint density at radius 3 is 2.55 bits per heavy atom. The first kappa shape index (κ1) is 17.5. The molecule has 0 aliphatic carbocycles. The maximum atomic E-state index is 5.39. The first-order valence-corrected chi connectivity index (χ1v) is 8.58. The van der Waals surface area contributed by atoms with Crippen LogP contribution in [-0.4, -0.2) is 28.0 Å². The quantitative estimate of drug-likeness (QED) is 0.793. The summed E-state index contributed by atoms with van der Waals surface area (Å²) in [5.41, 5.74) is 0.177. The van der Waals surface area contributed by atoms with Gasteiger partial charge in [0.25, 0.3) is 0 Å². The number of hydrogen-bond donors (Lipinski definition) is 1. The van der Waals surface area contributed by atoms with Crippen LogP contribution in [0.4, 0.5) is 0 Å². The van der Waals surface area contributed by atoms with Crippen LogP contribution in [0.3, 0.4) is 0 Å². The van der Waals surface area contributed by atoms with E-state index in [2.05, 4.69) is 57.0 Å². The number of rotatable bonds is 8. The lowest BCUT2D eigenvalue weighted by Crippen LogP contribution is -2.41. The maximum absolute atomic E-state index is 5.39. The van der Waals surface area contributed by atoms with Crippen molar-refractivity contribution in [2.75, 3.05) is 6.54 Å². The van der Waals surface area contributed by atoms with E-state index in [0.717, 1.165) is 30.4 Å². The lowest BCUT2D eigenvalue weighted by molar-refractivity contribution is 0.247. The molecule has 1 aromatic heterocycles. The molecule has 4 nitrogen and oxygen atoms in total. The van der Waals surface area contributed by atoms with Crippen molar-refractivity contribution in [3.05, 3.63) is 11.7 Å². The van der Waals surface area contributed by atoms with Crippen molar-refractivity contribution >= 4 is 11.8 Å².